The fraction of sp³-hybridized carbons (Fsp3) is 0.100. The Morgan fingerprint density at radius 3 is 2.53 bits per heavy atom. The first-order valence-corrected chi connectivity index (χ1v) is 4.47. The number of aromatic nitrogens is 2. The van der Waals surface area contributed by atoms with Crippen molar-refractivity contribution < 1.29 is 4.92 Å². The molecule has 76 valence electrons. The highest BCUT2D eigenvalue weighted by Gasteiger charge is 2.04. The number of nitro benzene ring substituents is 1. The van der Waals surface area contributed by atoms with Gasteiger partial charge in [0, 0.05) is 24.8 Å². The van der Waals surface area contributed by atoms with Crippen LogP contribution in [-0.2, 0) is 6.42 Å². The Bertz CT molecular complexity index is 448. The van der Waals surface area contributed by atoms with Gasteiger partial charge in [-0.2, -0.15) is 5.10 Å². The summed E-state index contributed by atoms with van der Waals surface area (Å²) in [6.45, 7) is 0. The van der Waals surface area contributed by atoms with E-state index in [-0.39, 0.29) is 5.69 Å². The van der Waals surface area contributed by atoms with Gasteiger partial charge in [-0.15, -0.1) is 0 Å². The van der Waals surface area contributed by atoms with E-state index in [1.807, 2.05) is 0 Å². The van der Waals surface area contributed by atoms with Crippen molar-refractivity contribution in [2.75, 3.05) is 0 Å². The number of hydrogen-bond acceptors (Lipinski definition) is 3. The molecule has 5 heteroatoms. The number of nitrogens with zero attached hydrogens (tertiary/aromatic N) is 2. The predicted octanol–water partition coefficient (Wildman–Crippen LogP) is 1.91. The zero-order valence-corrected chi connectivity index (χ0v) is 7.88. The van der Waals surface area contributed by atoms with Crippen LogP contribution in [0.4, 0.5) is 5.69 Å². The van der Waals surface area contributed by atoms with Crippen LogP contribution in [0.2, 0.25) is 0 Å². The molecule has 2 aromatic rings. The van der Waals surface area contributed by atoms with E-state index >= 15 is 0 Å². The highest BCUT2D eigenvalue weighted by molar-refractivity contribution is 5.34. The highest BCUT2D eigenvalue weighted by atomic mass is 16.6. The molecular formula is C10H9N3O2. The van der Waals surface area contributed by atoms with Gasteiger partial charge in [-0.25, -0.2) is 0 Å². The van der Waals surface area contributed by atoms with Crippen molar-refractivity contribution in [3.05, 3.63) is 57.9 Å². The van der Waals surface area contributed by atoms with Gasteiger partial charge >= 0.3 is 0 Å². The molecule has 0 bridgehead atoms. The van der Waals surface area contributed by atoms with E-state index in [1.54, 1.807) is 24.5 Å². The molecule has 0 saturated carbocycles. The number of benzene rings is 1. The second-order valence-electron chi connectivity index (χ2n) is 3.21. The number of non-ortho nitro benzene ring substituents is 1. The molecule has 0 radical (unpaired) electrons. The Morgan fingerprint density at radius 1 is 1.27 bits per heavy atom. The van der Waals surface area contributed by atoms with Crippen LogP contribution in [0.25, 0.3) is 0 Å². The quantitative estimate of drug-likeness (QED) is 0.611. The lowest BCUT2D eigenvalue weighted by Gasteiger charge is -1.97. The fourth-order valence-electron chi connectivity index (χ4n) is 1.35. The van der Waals surface area contributed by atoms with Crippen LogP contribution in [0.5, 0.6) is 0 Å². The molecule has 2 rings (SSSR count). The summed E-state index contributed by atoms with van der Waals surface area (Å²) >= 11 is 0. The van der Waals surface area contributed by atoms with Crippen LogP contribution in [0, 0.1) is 10.1 Å². The van der Waals surface area contributed by atoms with Gasteiger partial charge in [0.25, 0.3) is 5.69 Å². The zero-order valence-electron chi connectivity index (χ0n) is 7.88. The summed E-state index contributed by atoms with van der Waals surface area (Å²) in [5, 5.41) is 17.0. The summed E-state index contributed by atoms with van der Waals surface area (Å²) in [5.41, 5.74) is 2.21. The maximum Gasteiger partial charge on any atom is 0.269 e. The molecule has 0 aliphatic carbocycles. The molecule has 0 atom stereocenters. The van der Waals surface area contributed by atoms with Gasteiger partial charge in [0.05, 0.1) is 11.1 Å². The normalized spacial score (nSPS) is 10.1. The van der Waals surface area contributed by atoms with Crippen molar-refractivity contribution in [1.29, 1.82) is 0 Å². The summed E-state index contributed by atoms with van der Waals surface area (Å²) in [7, 11) is 0. The lowest BCUT2D eigenvalue weighted by atomic mass is 10.1. The van der Waals surface area contributed by atoms with E-state index in [9.17, 15) is 10.1 Å². The lowest BCUT2D eigenvalue weighted by Crippen LogP contribution is -1.89. The molecule has 1 aromatic carbocycles. The van der Waals surface area contributed by atoms with Crippen molar-refractivity contribution in [2.45, 2.75) is 6.42 Å². The molecule has 0 saturated heterocycles. The third-order valence-corrected chi connectivity index (χ3v) is 2.11. The van der Waals surface area contributed by atoms with Crippen molar-refractivity contribution in [3.8, 4) is 0 Å². The van der Waals surface area contributed by atoms with E-state index in [0.29, 0.717) is 0 Å². The molecule has 0 amide bonds. The number of aromatic amines is 1. The molecule has 0 unspecified atom stereocenters. The van der Waals surface area contributed by atoms with Gasteiger partial charge in [0.15, 0.2) is 0 Å². The first kappa shape index (κ1) is 9.39. The largest absolute Gasteiger partial charge is 0.285 e. The molecule has 1 N–H and O–H groups in total. The predicted molar refractivity (Wildman–Crippen MR) is 54.5 cm³/mol. The van der Waals surface area contributed by atoms with E-state index in [4.69, 9.17) is 0 Å². The fourth-order valence-corrected chi connectivity index (χ4v) is 1.35. The van der Waals surface area contributed by atoms with Crippen LogP contribution in [0.1, 0.15) is 11.1 Å². The Labute approximate surface area is 85.9 Å². The van der Waals surface area contributed by atoms with E-state index in [1.165, 1.54) is 12.1 Å². The number of nitrogens with one attached hydrogen (secondary N) is 1. The van der Waals surface area contributed by atoms with Gasteiger partial charge in [0.1, 0.15) is 0 Å². The molecule has 1 aromatic heterocycles. The minimum absolute atomic E-state index is 0.117. The maximum absolute atomic E-state index is 10.4. The third kappa shape index (κ3) is 2.19. The second-order valence-corrected chi connectivity index (χ2v) is 3.21. The van der Waals surface area contributed by atoms with Crippen LogP contribution in [0.3, 0.4) is 0 Å². The summed E-state index contributed by atoms with van der Waals surface area (Å²) in [6.07, 6.45) is 4.28. The Morgan fingerprint density at radius 2 is 2.00 bits per heavy atom. The highest BCUT2D eigenvalue weighted by Crippen LogP contribution is 2.14. The molecular weight excluding hydrogens is 194 g/mol. The summed E-state index contributed by atoms with van der Waals surface area (Å²) in [5.74, 6) is 0. The number of hydrogen-bond donors (Lipinski definition) is 1. The molecule has 15 heavy (non-hydrogen) atoms. The molecule has 0 fully saturated rings. The van der Waals surface area contributed by atoms with Crippen LogP contribution < -0.4 is 0 Å². The van der Waals surface area contributed by atoms with Crippen molar-refractivity contribution in [1.82, 2.24) is 10.2 Å². The summed E-state index contributed by atoms with van der Waals surface area (Å²) in [4.78, 5) is 10.0. The minimum atomic E-state index is -0.401. The van der Waals surface area contributed by atoms with E-state index in [2.05, 4.69) is 10.2 Å². The van der Waals surface area contributed by atoms with Crippen LogP contribution in [-0.4, -0.2) is 15.1 Å². The van der Waals surface area contributed by atoms with Crippen LogP contribution in [0.15, 0.2) is 36.7 Å². The van der Waals surface area contributed by atoms with Gasteiger partial charge in [0.2, 0.25) is 0 Å². The average molecular weight is 203 g/mol. The summed E-state index contributed by atoms with van der Waals surface area (Å²) < 4.78 is 0. The number of nitro groups is 1. The summed E-state index contributed by atoms with van der Waals surface area (Å²) in [6, 6.07) is 6.53. The van der Waals surface area contributed by atoms with Crippen LogP contribution >= 0.6 is 0 Å². The SMILES string of the molecule is O=[N+]([O-])c1ccc(Cc2cn[nH]c2)cc1. The first-order valence-electron chi connectivity index (χ1n) is 4.47. The van der Waals surface area contributed by atoms with Crippen molar-refractivity contribution in [2.24, 2.45) is 0 Å². The lowest BCUT2D eigenvalue weighted by molar-refractivity contribution is -0.384. The third-order valence-electron chi connectivity index (χ3n) is 2.11. The Kier molecular flexibility index (Phi) is 2.45. The molecule has 0 spiro atoms. The van der Waals surface area contributed by atoms with Gasteiger partial charge in [-0.1, -0.05) is 12.1 Å². The Balaban J connectivity index is 2.14. The smallest absolute Gasteiger partial charge is 0.269 e. The first-order chi connectivity index (χ1) is 7.25. The molecule has 5 nitrogen and oxygen atoms in total. The monoisotopic (exact) mass is 203 g/mol. The van der Waals surface area contributed by atoms with Crippen molar-refractivity contribution in [3.63, 3.8) is 0 Å². The molecule has 1 heterocycles. The maximum atomic E-state index is 10.4. The zero-order chi connectivity index (χ0) is 10.7. The standard InChI is InChI=1S/C10H9N3O2/c14-13(15)10-3-1-8(2-4-10)5-9-6-11-12-7-9/h1-4,6-7H,5H2,(H,11,12). The molecule has 0 aliphatic heterocycles. The van der Waals surface area contributed by atoms with Crippen molar-refractivity contribution >= 4 is 5.69 Å². The minimum Gasteiger partial charge on any atom is -0.285 e. The number of H-pyrrole nitrogens is 1. The number of rotatable bonds is 3. The van der Waals surface area contributed by atoms with Gasteiger partial charge in [-0.3, -0.25) is 15.2 Å². The second kappa shape index (κ2) is 3.91. The topological polar surface area (TPSA) is 71.8 Å². The van der Waals surface area contributed by atoms with Gasteiger partial charge in [-0.05, 0) is 11.1 Å². The molecule has 0 aliphatic rings. The Hall–Kier alpha value is -2.17. The van der Waals surface area contributed by atoms with E-state index in [0.717, 1.165) is 17.5 Å². The van der Waals surface area contributed by atoms with Gasteiger partial charge < -0.3 is 0 Å². The van der Waals surface area contributed by atoms with E-state index < -0.39 is 4.92 Å². The average Bonchev–Trinajstić information content (AvgIpc) is 2.71.